The fraction of sp³-hybridized carbons (Fsp3) is 0.619. The van der Waals surface area contributed by atoms with Gasteiger partial charge in [-0.25, -0.2) is 4.39 Å². The number of hydrogen-bond donors (Lipinski definition) is 3. The van der Waals surface area contributed by atoms with E-state index in [-0.39, 0.29) is 36.4 Å². The SMILES string of the molecule is C[C@]12C=CC(=O)C=C1C(F)=C[C@@H]1[C@@H]2[C@@H](O)C[C@@]2(C)[C@H]1CC[C@]2(O)C(=O)CO. The van der Waals surface area contributed by atoms with Gasteiger partial charge in [0.15, 0.2) is 11.6 Å². The Morgan fingerprint density at radius 2 is 2.07 bits per heavy atom. The number of aliphatic hydroxyl groups is 3. The molecule has 7 atom stereocenters. The lowest BCUT2D eigenvalue weighted by molar-refractivity contribution is -0.172. The third-order valence-electron chi connectivity index (χ3n) is 7.86. The smallest absolute Gasteiger partial charge is 0.190 e. The highest BCUT2D eigenvalue weighted by Gasteiger charge is 2.68. The Morgan fingerprint density at radius 3 is 2.74 bits per heavy atom. The summed E-state index contributed by atoms with van der Waals surface area (Å²) in [6, 6.07) is 0. The first kappa shape index (κ1) is 18.7. The van der Waals surface area contributed by atoms with Crippen molar-refractivity contribution in [3.05, 3.63) is 35.7 Å². The predicted octanol–water partition coefficient (Wildman–Crippen LogP) is 1.63. The van der Waals surface area contributed by atoms with Crippen LogP contribution in [0.1, 0.15) is 33.1 Å². The van der Waals surface area contributed by atoms with Crippen molar-refractivity contribution >= 4 is 11.6 Å². The molecular formula is C21H25FO5. The quantitative estimate of drug-likeness (QED) is 0.681. The van der Waals surface area contributed by atoms with Crippen molar-refractivity contribution in [1.82, 2.24) is 0 Å². The molecule has 2 saturated carbocycles. The number of hydrogen-bond acceptors (Lipinski definition) is 5. The van der Waals surface area contributed by atoms with Crippen LogP contribution in [0.25, 0.3) is 0 Å². The molecule has 6 heteroatoms. The van der Waals surface area contributed by atoms with E-state index < -0.39 is 40.8 Å². The summed E-state index contributed by atoms with van der Waals surface area (Å²) in [6.07, 6.45) is 5.85. The van der Waals surface area contributed by atoms with Crippen LogP contribution < -0.4 is 0 Å². The molecule has 0 aromatic rings. The first-order chi connectivity index (χ1) is 12.6. The third-order valence-corrected chi connectivity index (χ3v) is 7.86. The average Bonchev–Trinajstić information content (AvgIpc) is 2.87. The van der Waals surface area contributed by atoms with Crippen LogP contribution in [0.2, 0.25) is 0 Å². The Balaban J connectivity index is 1.84. The summed E-state index contributed by atoms with van der Waals surface area (Å²) in [4.78, 5) is 24.1. The normalized spacial score (nSPS) is 48.3. The van der Waals surface area contributed by atoms with E-state index in [0.717, 1.165) is 0 Å². The Bertz CT molecular complexity index is 813. The van der Waals surface area contributed by atoms with Gasteiger partial charge in [-0.2, -0.15) is 0 Å². The van der Waals surface area contributed by atoms with Crippen molar-refractivity contribution in [1.29, 1.82) is 0 Å². The zero-order valence-electron chi connectivity index (χ0n) is 15.5. The van der Waals surface area contributed by atoms with Gasteiger partial charge in [0.25, 0.3) is 0 Å². The molecule has 0 heterocycles. The minimum Gasteiger partial charge on any atom is -0.393 e. The second kappa shape index (κ2) is 5.69. The minimum absolute atomic E-state index is 0.182. The number of carbonyl (C=O) groups excluding carboxylic acids is 2. The van der Waals surface area contributed by atoms with Gasteiger partial charge in [0.1, 0.15) is 18.0 Å². The molecule has 4 aliphatic carbocycles. The number of fused-ring (bicyclic) bond motifs is 5. The summed E-state index contributed by atoms with van der Waals surface area (Å²) < 4.78 is 15.0. The summed E-state index contributed by atoms with van der Waals surface area (Å²) in [6.45, 7) is 2.83. The van der Waals surface area contributed by atoms with E-state index in [9.17, 15) is 29.3 Å². The molecule has 5 nitrogen and oxygen atoms in total. The molecule has 146 valence electrons. The van der Waals surface area contributed by atoms with E-state index in [1.54, 1.807) is 13.0 Å². The van der Waals surface area contributed by atoms with E-state index in [2.05, 4.69) is 0 Å². The van der Waals surface area contributed by atoms with Crippen molar-refractivity contribution < 1.29 is 29.3 Å². The van der Waals surface area contributed by atoms with Crippen molar-refractivity contribution in [3.8, 4) is 0 Å². The molecule has 0 amide bonds. The number of aliphatic hydroxyl groups excluding tert-OH is 2. The first-order valence-corrected chi connectivity index (χ1v) is 9.46. The van der Waals surface area contributed by atoms with E-state index >= 15 is 0 Å². The fourth-order valence-electron chi connectivity index (χ4n) is 6.46. The van der Waals surface area contributed by atoms with Gasteiger partial charge in [-0.15, -0.1) is 0 Å². The molecule has 27 heavy (non-hydrogen) atoms. The summed E-state index contributed by atoms with van der Waals surface area (Å²) in [5, 5.41) is 31.5. The topological polar surface area (TPSA) is 94.8 Å². The summed E-state index contributed by atoms with van der Waals surface area (Å²) in [7, 11) is 0. The number of Topliss-reactive ketones (excluding diaryl/α,β-unsaturated/α-hetero) is 1. The van der Waals surface area contributed by atoms with Crippen LogP contribution in [0.3, 0.4) is 0 Å². The number of halogens is 1. The maximum atomic E-state index is 15.0. The molecule has 3 N–H and O–H groups in total. The summed E-state index contributed by atoms with van der Waals surface area (Å²) in [5.74, 6) is -2.33. The molecule has 4 aliphatic rings. The lowest BCUT2D eigenvalue weighted by Gasteiger charge is -2.57. The highest BCUT2D eigenvalue weighted by atomic mass is 19.1. The van der Waals surface area contributed by atoms with Crippen LogP contribution in [-0.2, 0) is 9.59 Å². The first-order valence-electron chi connectivity index (χ1n) is 9.46. The van der Waals surface area contributed by atoms with Crippen molar-refractivity contribution in [2.24, 2.45) is 28.6 Å². The largest absolute Gasteiger partial charge is 0.393 e. The Kier molecular flexibility index (Phi) is 3.94. The fourth-order valence-corrected chi connectivity index (χ4v) is 6.46. The van der Waals surface area contributed by atoms with Gasteiger partial charge in [-0.1, -0.05) is 19.9 Å². The maximum absolute atomic E-state index is 15.0. The second-order valence-corrected chi connectivity index (χ2v) is 8.97. The number of carbonyl (C=O) groups is 2. The lowest BCUT2D eigenvalue weighted by atomic mass is 9.47. The van der Waals surface area contributed by atoms with Gasteiger partial charge in [0.05, 0.1) is 6.10 Å². The van der Waals surface area contributed by atoms with Crippen LogP contribution in [0.5, 0.6) is 0 Å². The second-order valence-electron chi connectivity index (χ2n) is 8.97. The van der Waals surface area contributed by atoms with Crippen molar-refractivity contribution in [2.45, 2.75) is 44.8 Å². The van der Waals surface area contributed by atoms with E-state index in [1.807, 2.05) is 6.92 Å². The van der Waals surface area contributed by atoms with E-state index in [1.165, 1.54) is 18.2 Å². The molecule has 0 unspecified atom stereocenters. The van der Waals surface area contributed by atoms with Gasteiger partial charge in [0, 0.05) is 22.3 Å². The average molecular weight is 376 g/mol. The molecule has 0 aromatic heterocycles. The van der Waals surface area contributed by atoms with Gasteiger partial charge in [-0.3, -0.25) is 9.59 Å². The zero-order chi connectivity index (χ0) is 19.8. The van der Waals surface area contributed by atoms with Crippen LogP contribution in [0, 0.1) is 28.6 Å². The highest BCUT2D eigenvalue weighted by molar-refractivity contribution is 6.01. The Labute approximate surface area is 157 Å². The summed E-state index contributed by atoms with van der Waals surface area (Å²) in [5.41, 5.74) is -3.20. The molecule has 2 fully saturated rings. The van der Waals surface area contributed by atoms with Gasteiger partial charge < -0.3 is 15.3 Å². The molecule has 0 radical (unpaired) electrons. The number of rotatable bonds is 2. The lowest BCUT2D eigenvalue weighted by Crippen LogP contribution is -2.61. The molecule has 0 bridgehead atoms. The molecule has 0 aromatic carbocycles. The maximum Gasteiger partial charge on any atom is 0.190 e. The van der Waals surface area contributed by atoms with E-state index in [0.29, 0.717) is 12.0 Å². The predicted molar refractivity (Wildman–Crippen MR) is 95.0 cm³/mol. The van der Waals surface area contributed by atoms with E-state index in [4.69, 9.17) is 0 Å². The third kappa shape index (κ3) is 2.20. The van der Waals surface area contributed by atoms with Crippen molar-refractivity contribution in [3.63, 3.8) is 0 Å². The molecule has 4 rings (SSSR count). The highest BCUT2D eigenvalue weighted by Crippen LogP contribution is 2.66. The van der Waals surface area contributed by atoms with Gasteiger partial charge >= 0.3 is 0 Å². The van der Waals surface area contributed by atoms with Gasteiger partial charge in [0.2, 0.25) is 0 Å². The Hall–Kier alpha value is -1.63. The number of ketones is 2. The number of allylic oxidation sites excluding steroid dienone is 6. The molecular weight excluding hydrogens is 351 g/mol. The monoisotopic (exact) mass is 376 g/mol. The van der Waals surface area contributed by atoms with Crippen LogP contribution >= 0.6 is 0 Å². The summed E-state index contributed by atoms with van der Waals surface area (Å²) >= 11 is 0. The minimum atomic E-state index is -1.72. The van der Waals surface area contributed by atoms with Crippen LogP contribution in [-0.4, -0.2) is 45.2 Å². The molecule has 0 aliphatic heterocycles. The molecule has 0 spiro atoms. The van der Waals surface area contributed by atoms with Crippen LogP contribution in [0.15, 0.2) is 35.7 Å². The van der Waals surface area contributed by atoms with Gasteiger partial charge in [-0.05, 0) is 49.3 Å². The van der Waals surface area contributed by atoms with Crippen molar-refractivity contribution in [2.75, 3.05) is 6.61 Å². The standard InChI is InChI=1S/C21H25FO5/c1-19-5-3-11(24)7-14(19)15(22)8-12-13-4-6-21(27,17(26)10-23)20(13,2)9-16(25)18(12)19/h3,5,7-8,12-13,16,18,23,25,27H,4,6,9-10H2,1-2H3/t12-,13-,16-,18+,19-,20-,21-/m0/s1. The molecule has 0 saturated heterocycles. The van der Waals surface area contributed by atoms with Crippen LogP contribution in [0.4, 0.5) is 4.39 Å². The zero-order valence-corrected chi connectivity index (χ0v) is 15.5. The Morgan fingerprint density at radius 1 is 1.37 bits per heavy atom.